The molecule has 3 aromatic carbocycles. The van der Waals surface area contributed by atoms with Crippen LogP contribution in [0.25, 0.3) is 0 Å². The molecule has 0 radical (unpaired) electrons. The second-order valence-electron chi connectivity index (χ2n) is 18.3. The number of Topliss-reactive ketones (excluding diaryl/α,β-unsaturated/α-hetero) is 2. The fourth-order valence-corrected chi connectivity index (χ4v) is 11.1. The Morgan fingerprint density at radius 1 is 0.817 bits per heavy atom. The van der Waals surface area contributed by atoms with Gasteiger partial charge in [-0.15, -0.1) is 0 Å². The highest BCUT2D eigenvalue weighted by molar-refractivity contribution is 6.31. The Hall–Kier alpha value is -5.56. The number of carbonyl (C=O) groups is 5. The molecule has 2 saturated carbocycles. The van der Waals surface area contributed by atoms with Gasteiger partial charge in [-0.3, -0.25) is 33.8 Å². The molecule has 9 rings (SSSR count). The van der Waals surface area contributed by atoms with Crippen molar-refractivity contribution in [2.75, 3.05) is 31.1 Å². The number of amides is 3. The molecular weight excluding hydrogens is 785 g/mol. The molecule has 1 unspecified atom stereocenters. The van der Waals surface area contributed by atoms with E-state index in [9.17, 15) is 29.2 Å². The zero-order chi connectivity index (χ0) is 42.4. The number of nitrogens with zero attached hydrogens (tertiary/aromatic N) is 5. The van der Waals surface area contributed by atoms with Crippen molar-refractivity contribution in [3.63, 3.8) is 0 Å². The highest BCUT2D eigenvalue weighted by atomic mass is 35.5. The molecule has 0 spiro atoms. The first-order valence-corrected chi connectivity index (χ1v) is 21.0. The summed E-state index contributed by atoms with van der Waals surface area (Å²) in [6.45, 7) is 11.3. The molecule has 60 heavy (non-hydrogen) atoms. The van der Waals surface area contributed by atoms with E-state index in [-0.39, 0.29) is 78.5 Å². The summed E-state index contributed by atoms with van der Waals surface area (Å²) >= 11 is 6.27. The van der Waals surface area contributed by atoms with Gasteiger partial charge in [0.15, 0.2) is 5.78 Å². The standard InChI is InChI=1S/C47H45ClFN5O6/c1-46(2)44(47(3,4)45(46)60-32-14-10-28(20-50)37(48)19-32)53-25-36-34(41(53)57)15-11-27(40(36)49)9-8-26-21-51(22-26)30-23-52(24-30)29-12-16-33-35(18-29)43(59)54(42(33)58)38-17-13-31(55)6-5-7-39(38)56/h10-12,14-16,18-19,26,30,38,44-45H,5-7,13,17,21-25H2,1-4H3. The fourth-order valence-electron chi connectivity index (χ4n) is 10.9. The fraction of sp³-hybridized carbons (Fsp3) is 0.447. The summed E-state index contributed by atoms with van der Waals surface area (Å²) in [5, 5.41) is 9.56. The van der Waals surface area contributed by atoms with Gasteiger partial charge in [-0.2, -0.15) is 5.26 Å². The van der Waals surface area contributed by atoms with E-state index in [2.05, 4.69) is 27.7 Å². The Morgan fingerprint density at radius 3 is 2.23 bits per heavy atom. The molecule has 6 aliphatic rings. The second kappa shape index (κ2) is 14.6. The lowest BCUT2D eigenvalue weighted by molar-refractivity contribution is -0.199. The number of ether oxygens (including phenoxy) is 1. The Balaban J connectivity index is 0.796. The topological polar surface area (TPSA) is 131 Å². The summed E-state index contributed by atoms with van der Waals surface area (Å²) in [6, 6.07) is 14.7. The lowest BCUT2D eigenvalue weighted by Crippen LogP contribution is -2.74. The molecule has 4 aliphatic heterocycles. The van der Waals surface area contributed by atoms with E-state index < -0.39 is 34.5 Å². The van der Waals surface area contributed by atoms with Crippen molar-refractivity contribution < 1.29 is 33.1 Å². The van der Waals surface area contributed by atoms with E-state index >= 15 is 4.39 Å². The number of hydrogen-bond acceptors (Lipinski definition) is 9. The van der Waals surface area contributed by atoms with Crippen molar-refractivity contribution in [3.05, 3.63) is 92.8 Å². The zero-order valence-corrected chi connectivity index (χ0v) is 34.8. The average molecular weight is 830 g/mol. The minimum Gasteiger partial charge on any atom is -0.489 e. The zero-order valence-electron chi connectivity index (χ0n) is 34.0. The number of hydrogen-bond donors (Lipinski definition) is 0. The molecule has 4 fully saturated rings. The predicted octanol–water partition coefficient (Wildman–Crippen LogP) is 6.43. The quantitative estimate of drug-likeness (QED) is 0.204. The van der Waals surface area contributed by atoms with Gasteiger partial charge in [-0.1, -0.05) is 51.1 Å². The van der Waals surface area contributed by atoms with E-state index in [1.165, 1.54) is 0 Å². The first kappa shape index (κ1) is 39.9. The van der Waals surface area contributed by atoms with Crippen LogP contribution in [0.5, 0.6) is 5.75 Å². The number of ketones is 2. The Bertz CT molecular complexity index is 2490. The van der Waals surface area contributed by atoms with Crippen molar-refractivity contribution >= 4 is 46.6 Å². The maximum atomic E-state index is 16.1. The number of anilines is 1. The summed E-state index contributed by atoms with van der Waals surface area (Å²) in [4.78, 5) is 72.9. The average Bonchev–Trinajstić information content (AvgIpc) is 3.61. The summed E-state index contributed by atoms with van der Waals surface area (Å²) in [5.41, 5.74) is 1.82. The van der Waals surface area contributed by atoms with Crippen LogP contribution in [-0.4, -0.2) is 94.4 Å². The minimum atomic E-state index is -0.911. The third-order valence-corrected chi connectivity index (χ3v) is 14.0. The van der Waals surface area contributed by atoms with Crippen molar-refractivity contribution in [3.8, 4) is 23.7 Å². The summed E-state index contributed by atoms with van der Waals surface area (Å²) in [6.07, 6.45) is 1.04. The van der Waals surface area contributed by atoms with Crippen LogP contribution >= 0.6 is 11.6 Å². The van der Waals surface area contributed by atoms with Gasteiger partial charge < -0.3 is 14.5 Å². The van der Waals surface area contributed by atoms with Crippen LogP contribution in [0.4, 0.5) is 10.1 Å². The number of nitriles is 1. The lowest BCUT2D eigenvalue weighted by atomic mass is 9.49. The molecule has 11 nitrogen and oxygen atoms in total. The molecule has 3 amide bonds. The lowest BCUT2D eigenvalue weighted by Gasteiger charge is -2.65. The monoisotopic (exact) mass is 829 g/mol. The third kappa shape index (κ3) is 6.38. The van der Waals surface area contributed by atoms with Crippen LogP contribution in [0.2, 0.25) is 5.02 Å². The van der Waals surface area contributed by atoms with Crippen LogP contribution < -0.4 is 9.64 Å². The van der Waals surface area contributed by atoms with E-state index in [1.807, 2.05) is 33.8 Å². The minimum absolute atomic E-state index is 0.0488. The van der Waals surface area contributed by atoms with E-state index in [0.29, 0.717) is 45.9 Å². The molecular formula is C47H45ClFN5O6. The Morgan fingerprint density at radius 2 is 1.52 bits per heavy atom. The summed E-state index contributed by atoms with van der Waals surface area (Å²) in [7, 11) is 0. The number of halogens is 2. The maximum Gasteiger partial charge on any atom is 0.262 e. The largest absolute Gasteiger partial charge is 0.489 e. The van der Waals surface area contributed by atoms with Gasteiger partial charge in [-0.25, -0.2) is 4.39 Å². The SMILES string of the molecule is CC1(C)C(Oc2ccc(C#N)c(Cl)c2)C(C)(C)C1N1Cc2c(ccc(C#CC3CN(C4CN(c5ccc6c(c5)C(=O)N(C5CCC(=O)CCCC5=O)C6=O)C4)C3)c2F)C1=O. The van der Waals surface area contributed by atoms with Crippen LogP contribution in [-0.2, 0) is 16.1 Å². The van der Waals surface area contributed by atoms with Gasteiger partial charge in [0.05, 0.1) is 39.9 Å². The van der Waals surface area contributed by atoms with E-state index in [4.69, 9.17) is 16.3 Å². The van der Waals surface area contributed by atoms with Gasteiger partial charge in [0.2, 0.25) is 0 Å². The molecule has 308 valence electrons. The molecule has 4 heterocycles. The maximum absolute atomic E-state index is 16.1. The number of likely N-dealkylation sites (tertiary alicyclic amines) is 1. The van der Waals surface area contributed by atoms with Crippen LogP contribution in [0.3, 0.4) is 0 Å². The molecule has 13 heteroatoms. The van der Waals surface area contributed by atoms with Gasteiger partial charge in [0, 0.05) is 97.2 Å². The smallest absolute Gasteiger partial charge is 0.262 e. The van der Waals surface area contributed by atoms with Gasteiger partial charge in [-0.05, 0) is 55.3 Å². The third-order valence-electron chi connectivity index (χ3n) is 13.7. The first-order chi connectivity index (χ1) is 28.6. The van der Waals surface area contributed by atoms with Gasteiger partial charge in [0.1, 0.15) is 29.5 Å². The number of imide groups is 1. The van der Waals surface area contributed by atoms with Crippen molar-refractivity contribution in [2.24, 2.45) is 16.7 Å². The molecule has 1 atom stereocenters. The molecule has 0 aromatic heterocycles. The molecule has 3 aromatic rings. The number of fused-ring (bicyclic) bond motifs is 2. The summed E-state index contributed by atoms with van der Waals surface area (Å²) in [5.74, 6) is 5.19. The number of carbonyl (C=O) groups excluding carboxylic acids is 5. The van der Waals surface area contributed by atoms with Crippen molar-refractivity contribution in [1.29, 1.82) is 5.26 Å². The van der Waals surface area contributed by atoms with Crippen LogP contribution in [0.15, 0.2) is 48.5 Å². The number of rotatable bonds is 6. The normalized spacial score (nSPS) is 25.0. The predicted molar refractivity (Wildman–Crippen MR) is 220 cm³/mol. The molecule has 0 bridgehead atoms. The first-order valence-electron chi connectivity index (χ1n) is 20.6. The number of benzene rings is 3. The molecule has 2 aliphatic carbocycles. The van der Waals surface area contributed by atoms with Gasteiger partial charge in [0.25, 0.3) is 17.7 Å². The van der Waals surface area contributed by atoms with Gasteiger partial charge >= 0.3 is 0 Å². The molecule has 2 saturated heterocycles. The Labute approximate surface area is 353 Å². The van der Waals surface area contributed by atoms with Crippen LogP contribution in [0, 0.1) is 45.7 Å². The Kier molecular flexibility index (Phi) is 9.68. The highest BCUT2D eigenvalue weighted by Crippen LogP contribution is 2.59. The van der Waals surface area contributed by atoms with E-state index in [1.54, 1.807) is 47.4 Å². The summed E-state index contributed by atoms with van der Waals surface area (Å²) < 4.78 is 22.5. The van der Waals surface area contributed by atoms with Crippen molar-refractivity contribution in [2.45, 2.75) is 90.6 Å². The second-order valence-corrected chi connectivity index (χ2v) is 18.7. The van der Waals surface area contributed by atoms with Crippen LogP contribution in [0.1, 0.15) is 108 Å². The van der Waals surface area contributed by atoms with Crippen molar-refractivity contribution in [1.82, 2.24) is 14.7 Å². The van der Waals surface area contributed by atoms with E-state index in [0.717, 1.165) is 36.8 Å². The molecule has 0 N–H and O–H groups in total. The highest BCUT2D eigenvalue weighted by Gasteiger charge is 2.67.